The summed E-state index contributed by atoms with van der Waals surface area (Å²) in [6, 6.07) is 5.23. The van der Waals surface area contributed by atoms with Gasteiger partial charge in [0, 0.05) is 17.7 Å². The topological polar surface area (TPSA) is 290 Å². The molecule has 10 atom stereocenters. The van der Waals surface area contributed by atoms with Crippen molar-refractivity contribution in [3.63, 3.8) is 0 Å². The summed E-state index contributed by atoms with van der Waals surface area (Å²) >= 11 is 0. The number of hydrogen-bond acceptors (Lipinski definition) is 17. The third-order valence-corrected chi connectivity index (χ3v) is 7.31. The first-order valence-electron chi connectivity index (χ1n) is 13.2. The van der Waals surface area contributed by atoms with Gasteiger partial charge in [-0.05, 0) is 18.2 Å². The molecule has 2 aromatic carbocycles. The van der Waals surface area contributed by atoms with Crippen molar-refractivity contribution in [2.75, 3.05) is 13.2 Å². The third kappa shape index (κ3) is 5.61. The summed E-state index contributed by atoms with van der Waals surface area (Å²) in [7, 11) is 0. The Labute approximate surface area is 246 Å². The molecule has 1 aromatic heterocycles. The molecule has 0 spiro atoms. The Balaban J connectivity index is 1.55. The minimum absolute atomic E-state index is 0.0925. The number of aliphatic hydroxyl groups excluding tert-OH is 8. The zero-order chi connectivity index (χ0) is 32.0. The molecule has 2 saturated heterocycles. The number of ether oxygens (including phenoxy) is 4. The SMILES string of the molecule is O=c1c(O[C@@H]2OC(CO)[C@@H](O)C(O)C2O)c(-c2ccc(O[C@@H]3OC(CO)[C@@H](O)C(O)C3O)c(O)c2)oc2cc(O)cc(O)c12. The summed E-state index contributed by atoms with van der Waals surface area (Å²) in [4.78, 5) is 13.6. The lowest BCUT2D eigenvalue weighted by Crippen LogP contribution is -2.60. The van der Waals surface area contributed by atoms with E-state index in [0.29, 0.717) is 0 Å². The van der Waals surface area contributed by atoms with E-state index in [-0.39, 0.29) is 16.9 Å². The van der Waals surface area contributed by atoms with Crippen LogP contribution in [0, 0.1) is 0 Å². The van der Waals surface area contributed by atoms with E-state index < -0.39 is 114 Å². The first-order valence-corrected chi connectivity index (χ1v) is 13.2. The molecule has 17 heteroatoms. The summed E-state index contributed by atoms with van der Waals surface area (Å²) in [5, 5.41) is 110. The maximum Gasteiger partial charge on any atom is 0.239 e. The number of rotatable bonds is 7. The molecule has 0 radical (unpaired) electrons. The lowest BCUT2D eigenvalue weighted by molar-refractivity contribution is -0.277. The maximum atomic E-state index is 13.6. The minimum atomic E-state index is -1.94. The number of phenols is 3. The predicted octanol–water partition coefficient (Wildman–Crippen LogP) is -3.07. The van der Waals surface area contributed by atoms with E-state index in [1.54, 1.807) is 0 Å². The molecular formula is C27H30O17. The van der Waals surface area contributed by atoms with Crippen LogP contribution in [0.3, 0.4) is 0 Å². The van der Waals surface area contributed by atoms with Crippen LogP contribution in [0.2, 0.25) is 0 Å². The van der Waals surface area contributed by atoms with Crippen molar-refractivity contribution in [1.82, 2.24) is 0 Å². The van der Waals surface area contributed by atoms with Gasteiger partial charge in [-0.25, -0.2) is 0 Å². The van der Waals surface area contributed by atoms with Crippen molar-refractivity contribution in [2.24, 2.45) is 0 Å². The van der Waals surface area contributed by atoms with Crippen molar-refractivity contribution in [3.8, 4) is 40.1 Å². The molecule has 2 aliphatic rings. The third-order valence-electron chi connectivity index (χ3n) is 7.31. The number of fused-ring (bicyclic) bond motifs is 1. The van der Waals surface area contributed by atoms with Gasteiger partial charge in [-0.1, -0.05) is 0 Å². The smallest absolute Gasteiger partial charge is 0.239 e. The number of hydrogen-bond donors (Lipinski definition) is 11. The van der Waals surface area contributed by atoms with Crippen molar-refractivity contribution in [3.05, 3.63) is 40.6 Å². The Kier molecular flexibility index (Phi) is 8.87. The van der Waals surface area contributed by atoms with E-state index in [1.807, 2.05) is 0 Å². The zero-order valence-electron chi connectivity index (χ0n) is 22.4. The van der Waals surface area contributed by atoms with Crippen molar-refractivity contribution in [1.29, 1.82) is 0 Å². The Morgan fingerprint density at radius 2 is 1.25 bits per heavy atom. The van der Waals surface area contributed by atoms with Gasteiger partial charge in [-0.2, -0.15) is 0 Å². The summed E-state index contributed by atoms with van der Waals surface area (Å²) in [6.45, 7) is -1.52. The molecule has 0 saturated carbocycles. The van der Waals surface area contributed by atoms with E-state index in [4.69, 9.17) is 23.4 Å². The highest BCUT2D eigenvalue weighted by Crippen LogP contribution is 2.40. The van der Waals surface area contributed by atoms with Crippen LogP contribution in [0.4, 0.5) is 0 Å². The molecule has 6 unspecified atom stereocenters. The minimum Gasteiger partial charge on any atom is -0.508 e. The molecule has 0 bridgehead atoms. The molecule has 240 valence electrons. The first kappa shape index (κ1) is 31.7. The predicted molar refractivity (Wildman–Crippen MR) is 142 cm³/mol. The molecule has 2 fully saturated rings. The number of phenolic OH excluding ortho intramolecular Hbond substituents is 3. The van der Waals surface area contributed by atoms with Crippen LogP contribution in [0.5, 0.6) is 28.7 Å². The van der Waals surface area contributed by atoms with Crippen LogP contribution in [0.15, 0.2) is 39.5 Å². The summed E-state index contributed by atoms with van der Waals surface area (Å²) in [5.74, 6) is -3.31. The second kappa shape index (κ2) is 12.3. The van der Waals surface area contributed by atoms with E-state index >= 15 is 0 Å². The second-order valence-electron chi connectivity index (χ2n) is 10.2. The van der Waals surface area contributed by atoms with Crippen LogP contribution in [-0.4, -0.2) is 131 Å². The van der Waals surface area contributed by atoms with Crippen LogP contribution in [-0.2, 0) is 9.47 Å². The molecule has 0 amide bonds. The Morgan fingerprint density at radius 1 is 0.682 bits per heavy atom. The standard InChI is InChI=1S/C27H30O17/c28-6-14-17(33)20(36)22(38)26(42-14)41-12-2-1-8(3-10(12)31)24-25(19(35)16-11(32)4-9(30)5-13(16)40-24)44-27-23(39)21(37)18(34)15(7-29)43-27/h1-5,14-15,17-18,20-23,26-34,36-39H,6-7H2/t14?,15?,17-,18-,20?,21?,22?,23?,26-,27+/m1/s1. The van der Waals surface area contributed by atoms with Crippen LogP contribution in [0.1, 0.15) is 0 Å². The number of aliphatic hydroxyl groups is 8. The molecule has 2 aliphatic heterocycles. The van der Waals surface area contributed by atoms with Gasteiger partial charge in [-0.15, -0.1) is 0 Å². The number of aromatic hydroxyl groups is 3. The van der Waals surface area contributed by atoms with Gasteiger partial charge in [0.15, 0.2) is 17.3 Å². The first-order chi connectivity index (χ1) is 20.9. The maximum absolute atomic E-state index is 13.6. The molecule has 3 aromatic rings. The lowest BCUT2D eigenvalue weighted by Gasteiger charge is -2.39. The highest BCUT2D eigenvalue weighted by molar-refractivity contribution is 5.88. The quantitative estimate of drug-likeness (QED) is 0.124. The van der Waals surface area contributed by atoms with E-state index in [1.165, 1.54) is 6.07 Å². The average molecular weight is 627 g/mol. The average Bonchev–Trinajstić information content (AvgIpc) is 2.99. The Bertz CT molecular complexity index is 1550. The molecule has 0 aliphatic carbocycles. The van der Waals surface area contributed by atoms with Gasteiger partial charge in [0.05, 0.1) is 13.2 Å². The largest absolute Gasteiger partial charge is 0.508 e. The van der Waals surface area contributed by atoms with Crippen LogP contribution < -0.4 is 14.9 Å². The van der Waals surface area contributed by atoms with E-state index in [0.717, 1.165) is 24.3 Å². The molecular weight excluding hydrogens is 596 g/mol. The van der Waals surface area contributed by atoms with Gasteiger partial charge >= 0.3 is 0 Å². The molecule has 11 N–H and O–H groups in total. The summed E-state index contributed by atoms with van der Waals surface area (Å²) in [6.07, 6.45) is -16.9. The van der Waals surface area contributed by atoms with Crippen LogP contribution >= 0.6 is 0 Å². The molecule has 17 nitrogen and oxygen atoms in total. The fourth-order valence-electron chi connectivity index (χ4n) is 4.89. The van der Waals surface area contributed by atoms with Gasteiger partial charge in [-0.3, -0.25) is 4.79 Å². The van der Waals surface area contributed by atoms with E-state index in [2.05, 4.69) is 0 Å². The van der Waals surface area contributed by atoms with Gasteiger partial charge in [0.2, 0.25) is 23.8 Å². The second-order valence-corrected chi connectivity index (χ2v) is 10.2. The number of benzene rings is 2. The van der Waals surface area contributed by atoms with Crippen molar-refractivity contribution in [2.45, 2.75) is 61.4 Å². The van der Waals surface area contributed by atoms with Gasteiger partial charge < -0.3 is 79.5 Å². The highest BCUT2D eigenvalue weighted by Gasteiger charge is 2.46. The zero-order valence-corrected chi connectivity index (χ0v) is 22.4. The monoisotopic (exact) mass is 626 g/mol. The van der Waals surface area contributed by atoms with Gasteiger partial charge in [0.1, 0.15) is 71.3 Å². The molecule has 5 rings (SSSR count). The normalized spacial score (nSPS) is 32.5. The fourth-order valence-corrected chi connectivity index (χ4v) is 4.89. The summed E-state index contributed by atoms with van der Waals surface area (Å²) < 4.78 is 27.4. The van der Waals surface area contributed by atoms with Crippen LogP contribution in [0.25, 0.3) is 22.3 Å². The molecule has 3 heterocycles. The Morgan fingerprint density at radius 3 is 1.80 bits per heavy atom. The Hall–Kier alpha value is -3.75. The van der Waals surface area contributed by atoms with Gasteiger partial charge in [0.25, 0.3) is 0 Å². The van der Waals surface area contributed by atoms with E-state index in [9.17, 15) is 61.0 Å². The van der Waals surface area contributed by atoms with Crippen molar-refractivity contribution < 1.29 is 79.5 Å². The summed E-state index contributed by atoms with van der Waals surface area (Å²) in [5.41, 5.74) is -1.47. The fraction of sp³-hybridized carbons (Fsp3) is 0.444. The lowest BCUT2D eigenvalue weighted by atomic mass is 9.99. The molecule has 44 heavy (non-hydrogen) atoms. The van der Waals surface area contributed by atoms with Crippen molar-refractivity contribution >= 4 is 11.0 Å². The highest BCUT2D eigenvalue weighted by atomic mass is 16.7.